The van der Waals surface area contributed by atoms with Crippen molar-refractivity contribution in [3.63, 3.8) is 0 Å². The van der Waals surface area contributed by atoms with E-state index in [-0.39, 0.29) is 5.78 Å². The lowest BCUT2D eigenvalue weighted by molar-refractivity contribution is 0.101. The number of Topliss-reactive ketones (excluding diaryl/α,β-unsaturated/α-hetero) is 1. The van der Waals surface area contributed by atoms with E-state index in [1.54, 1.807) is 6.92 Å². The standard InChI is InChI=1S/C14H13NO2/c1-9(16)12-13(10-5-3-2-4-6-10)15-17-14(12)11-7-8-11/h2-6,11H,7-8H2,1H3. The zero-order valence-electron chi connectivity index (χ0n) is 9.64. The van der Waals surface area contributed by atoms with Crippen LogP contribution in [0.25, 0.3) is 11.3 Å². The Labute approximate surface area is 99.4 Å². The van der Waals surface area contributed by atoms with Crippen molar-refractivity contribution in [3.8, 4) is 11.3 Å². The molecule has 0 unspecified atom stereocenters. The van der Waals surface area contributed by atoms with Crippen molar-refractivity contribution in [2.24, 2.45) is 0 Å². The molecule has 0 saturated heterocycles. The summed E-state index contributed by atoms with van der Waals surface area (Å²) < 4.78 is 5.36. The molecule has 1 aliphatic carbocycles. The van der Waals surface area contributed by atoms with Gasteiger partial charge in [0.1, 0.15) is 5.69 Å². The second kappa shape index (κ2) is 3.84. The molecule has 3 heteroatoms. The lowest BCUT2D eigenvalue weighted by Crippen LogP contribution is -1.97. The van der Waals surface area contributed by atoms with E-state index >= 15 is 0 Å². The molecule has 1 aromatic carbocycles. The van der Waals surface area contributed by atoms with Gasteiger partial charge in [-0.05, 0) is 19.8 Å². The third-order valence-corrected chi connectivity index (χ3v) is 3.07. The van der Waals surface area contributed by atoms with Gasteiger partial charge in [-0.25, -0.2) is 0 Å². The monoisotopic (exact) mass is 227 g/mol. The first-order valence-electron chi connectivity index (χ1n) is 5.83. The van der Waals surface area contributed by atoms with Gasteiger partial charge >= 0.3 is 0 Å². The smallest absolute Gasteiger partial charge is 0.165 e. The molecule has 0 bridgehead atoms. The summed E-state index contributed by atoms with van der Waals surface area (Å²) in [7, 11) is 0. The van der Waals surface area contributed by atoms with E-state index < -0.39 is 0 Å². The van der Waals surface area contributed by atoms with Crippen LogP contribution in [0.1, 0.15) is 41.8 Å². The fourth-order valence-corrected chi connectivity index (χ4v) is 2.06. The van der Waals surface area contributed by atoms with Crippen LogP contribution in [-0.2, 0) is 0 Å². The number of carbonyl (C=O) groups is 1. The molecule has 1 saturated carbocycles. The van der Waals surface area contributed by atoms with Crippen molar-refractivity contribution >= 4 is 5.78 Å². The predicted molar refractivity (Wildman–Crippen MR) is 63.9 cm³/mol. The maximum Gasteiger partial charge on any atom is 0.165 e. The summed E-state index contributed by atoms with van der Waals surface area (Å²) in [4.78, 5) is 11.8. The normalized spacial score (nSPS) is 14.9. The summed E-state index contributed by atoms with van der Waals surface area (Å²) in [5.41, 5.74) is 2.28. The second-order valence-electron chi connectivity index (χ2n) is 4.47. The van der Waals surface area contributed by atoms with Crippen LogP contribution < -0.4 is 0 Å². The molecule has 1 aromatic heterocycles. The number of hydrogen-bond donors (Lipinski definition) is 0. The summed E-state index contributed by atoms with van der Waals surface area (Å²) in [6.07, 6.45) is 2.20. The topological polar surface area (TPSA) is 43.1 Å². The molecule has 2 aromatic rings. The Kier molecular flexibility index (Phi) is 2.32. The van der Waals surface area contributed by atoms with Gasteiger partial charge in [-0.1, -0.05) is 35.5 Å². The number of ketones is 1. The number of aromatic nitrogens is 1. The number of nitrogens with zero attached hydrogens (tertiary/aromatic N) is 1. The average Bonchev–Trinajstić information content (AvgIpc) is 3.08. The summed E-state index contributed by atoms with van der Waals surface area (Å²) in [6, 6.07) is 9.70. The zero-order valence-corrected chi connectivity index (χ0v) is 9.64. The number of hydrogen-bond acceptors (Lipinski definition) is 3. The van der Waals surface area contributed by atoms with E-state index in [9.17, 15) is 4.79 Å². The lowest BCUT2D eigenvalue weighted by atomic mass is 10.0. The van der Waals surface area contributed by atoms with Gasteiger partial charge in [-0.3, -0.25) is 4.79 Å². The van der Waals surface area contributed by atoms with Gasteiger partial charge in [0.25, 0.3) is 0 Å². The molecule has 0 atom stereocenters. The Morgan fingerprint density at radius 3 is 2.59 bits per heavy atom. The van der Waals surface area contributed by atoms with Crippen LogP contribution in [0.5, 0.6) is 0 Å². The maximum absolute atomic E-state index is 11.8. The molecule has 3 nitrogen and oxygen atoms in total. The Morgan fingerprint density at radius 1 is 1.29 bits per heavy atom. The first-order chi connectivity index (χ1) is 8.27. The molecule has 0 radical (unpaired) electrons. The Morgan fingerprint density at radius 2 is 2.00 bits per heavy atom. The van der Waals surface area contributed by atoms with Gasteiger partial charge in [-0.2, -0.15) is 0 Å². The molecule has 0 N–H and O–H groups in total. The van der Waals surface area contributed by atoms with E-state index in [0.717, 1.165) is 24.2 Å². The highest BCUT2D eigenvalue weighted by molar-refractivity contribution is 6.01. The summed E-state index contributed by atoms with van der Waals surface area (Å²) in [5.74, 6) is 1.21. The van der Waals surface area contributed by atoms with E-state index in [1.165, 1.54) is 0 Å². The Bertz CT molecular complexity index is 553. The van der Waals surface area contributed by atoms with Crippen molar-refractivity contribution in [1.29, 1.82) is 0 Å². The van der Waals surface area contributed by atoms with Crippen LogP contribution in [0, 0.1) is 0 Å². The van der Waals surface area contributed by atoms with Gasteiger partial charge in [0.2, 0.25) is 0 Å². The predicted octanol–water partition coefficient (Wildman–Crippen LogP) is 3.42. The van der Waals surface area contributed by atoms with Crippen molar-refractivity contribution < 1.29 is 9.32 Å². The zero-order chi connectivity index (χ0) is 11.8. The third kappa shape index (κ3) is 1.78. The van der Waals surface area contributed by atoms with Crippen molar-refractivity contribution in [1.82, 2.24) is 5.16 Å². The minimum atomic E-state index is 0.0343. The summed E-state index contributed by atoms with van der Waals surface area (Å²) in [6.45, 7) is 1.57. The summed E-state index contributed by atoms with van der Waals surface area (Å²) >= 11 is 0. The SMILES string of the molecule is CC(=O)c1c(-c2ccccc2)noc1C1CC1. The van der Waals surface area contributed by atoms with Crippen molar-refractivity contribution in [2.45, 2.75) is 25.7 Å². The van der Waals surface area contributed by atoms with Crippen molar-refractivity contribution in [2.75, 3.05) is 0 Å². The first kappa shape index (κ1) is 10.3. The summed E-state index contributed by atoms with van der Waals surface area (Å²) in [5, 5.41) is 4.07. The van der Waals surface area contributed by atoms with Crippen LogP contribution >= 0.6 is 0 Å². The van der Waals surface area contributed by atoms with Crippen LogP contribution in [0.2, 0.25) is 0 Å². The average molecular weight is 227 g/mol. The minimum Gasteiger partial charge on any atom is -0.360 e. The van der Waals surface area contributed by atoms with E-state index in [2.05, 4.69) is 5.16 Å². The van der Waals surface area contributed by atoms with Crippen molar-refractivity contribution in [3.05, 3.63) is 41.7 Å². The van der Waals surface area contributed by atoms with Crippen LogP contribution in [-0.4, -0.2) is 10.9 Å². The van der Waals surface area contributed by atoms with Crippen LogP contribution in [0.4, 0.5) is 0 Å². The lowest BCUT2D eigenvalue weighted by Gasteiger charge is -1.99. The molecule has 0 spiro atoms. The van der Waals surface area contributed by atoms with Gasteiger partial charge in [0.15, 0.2) is 11.5 Å². The Hall–Kier alpha value is -1.90. The first-order valence-corrected chi connectivity index (χ1v) is 5.83. The molecule has 1 fully saturated rings. The molecule has 1 heterocycles. The van der Waals surface area contributed by atoms with E-state index in [4.69, 9.17) is 4.52 Å². The largest absolute Gasteiger partial charge is 0.360 e. The van der Waals surface area contributed by atoms with E-state index in [0.29, 0.717) is 17.2 Å². The highest BCUT2D eigenvalue weighted by Gasteiger charge is 2.33. The second-order valence-corrected chi connectivity index (χ2v) is 4.47. The van der Waals surface area contributed by atoms with Gasteiger partial charge in [0.05, 0.1) is 5.56 Å². The van der Waals surface area contributed by atoms with E-state index in [1.807, 2.05) is 30.3 Å². The van der Waals surface area contributed by atoms with Crippen LogP contribution in [0.15, 0.2) is 34.9 Å². The molecular weight excluding hydrogens is 214 g/mol. The fourth-order valence-electron chi connectivity index (χ4n) is 2.06. The number of carbonyl (C=O) groups excluding carboxylic acids is 1. The molecule has 17 heavy (non-hydrogen) atoms. The van der Waals surface area contributed by atoms with Gasteiger partial charge < -0.3 is 4.52 Å². The molecule has 1 aliphatic rings. The maximum atomic E-state index is 11.8. The molecular formula is C14H13NO2. The molecule has 0 amide bonds. The highest BCUT2D eigenvalue weighted by Crippen LogP contribution is 2.43. The molecule has 86 valence electrons. The number of rotatable bonds is 3. The van der Waals surface area contributed by atoms with Crippen LogP contribution in [0.3, 0.4) is 0 Å². The molecule has 0 aliphatic heterocycles. The third-order valence-electron chi connectivity index (χ3n) is 3.07. The number of benzene rings is 1. The molecule has 3 rings (SSSR count). The Balaban J connectivity index is 2.14. The fraction of sp³-hybridized carbons (Fsp3) is 0.286. The quantitative estimate of drug-likeness (QED) is 0.754. The highest BCUT2D eigenvalue weighted by atomic mass is 16.5. The van der Waals surface area contributed by atoms with Gasteiger partial charge in [0, 0.05) is 11.5 Å². The van der Waals surface area contributed by atoms with Gasteiger partial charge in [-0.15, -0.1) is 0 Å². The minimum absolute atomic E-state index is 0.0343.